The maximum Gasteiger partial charge on any atom is 0.258 e. The molecule has 0 fully saturated rings. The standard InChI is InChI=1S/C46H41Cl5N8O8/c1-23(49)33-20-30(52-45(64)41(24(2)60)58-56-31-16-26(14-28(50)18-31)43(62)53-36-8-6-10-39(66-4)34(36)21-47)12-13-38(33)55-46(65)42(25(3)61)59-57-32-17-27(15-29(51)19-32)44(63)54-37-9-7-11-40(67-5)35(37)22-48/h6-20,23,41-42H,21-22H2,1-5H3,(H,52,64)(H,53,62)(H,54,63)(H,55,65). The second-order valence-corrected chi connectivity index (χ2v) is 16.5. The van der Waals surface area contributed by atoms with Crippen LogP contribution in [-0.4, -0.2) is 61.5 Å². The molecule has 0 aliphatic heterocycles. The Labute approximate surface area is 409 Å². The molecule has 348 valence electrons. The lowest BCUT2D eigenvalue weighted by Gasteiger charge is -2.17. The van der Waals surface area contributed by atoms with E-state index in [0.29, 0.717) is 39.6 Å². The van der Waals surface area contributed by atoms with Crippen LogP contribution >= 0.6 is 58.0 Å². The third-order valence-corrected chi connectivity index (χ3v) is 10.8. The Bertz CT molecular complexity index is 2790. The van der Waals surface area contributed by atoms with Crippen LogP contribution in [0.2, 0.25) is 10.0 Å². The van der Waals surface area contributed by atoms with Gasteiger partial charge in [-0.1, -0.05) is 35.3 Å². The van der Waals surface area contributed by atoms with Gasteiger partial charge in [0.25, 0.3) is 23.6 Å². The maximum atomic E-state index is 13.5. The van der Waals surface area contributed by atoms with Crippen LogP contribution in [0.3, 0.4) is 0 Å². The topological polar surface area (TPSA) is 218 Å². The van der Waals surface area contributed by atoms with Gasteiger partial charge < -0.3 is 30.7 Å². The van der Waals surface area contributed by atoms with Gasteiger partial charge in [0.05, 0.1) is 42.7 Å². The summed E-state index contributed by atoms with van der Waals surface area (Å²) in [6.07, 6.45) is 0. The number of hydrogen-bond acceptors (Lipinski definition) is 12. The average molecular weight is 1010 g/mol. The third kappa shape index (κ3) is 13.6. The number of rotatable bonds is 19. The molecule has 3 atom stereocenters. The van der Waals surface area contributed by atoms with Crippen LogP contribution in [0.4, 0.5) is 34.1 Å². The molecule has 0 heterocycles. The maximum absolute atomic E-state index is 13.5. The van der Waals surface area contributed by atoms with E-state index in [9.17, 15) is 28.8 Å². The number of ketones is 2. The van der Waals surface area contributed by atoms with Gasteiger partial charge in [-0.2, -0.15) is 20.5 Å². The predicted molar refractivity (Wildman–Crippen MR) is 260 cm³/mol. The third-order valence-electron chi connectivity index (χ3n) is 9.61. The summed E-state index contributed by atoms with van der Waals surface area (Å²) in [6.45, 7) is 3.91. The fourth-order valence-electron chi connectivity index (χ4n) is 6.32. The van der Waals surface area contributed by atoms with E-state index in [0.717, 1.165) is 13.8 Å². The van der Waals surface area contributed by atoms with Crippen molar-refractivity contribution in [1.29, 1.82) is 0 Å². The average Bonchev–Trinajstić information content (AvgIpc) is 3.28. The summed E-state index contributed by atoms with van der Waals surface area (Å²) in [4.78, 5) is 78.8. The molecule has 5 rings (SSSR count). The van der Waals surface area contributed by atoms with Crippen LogP contribution in [-0.2, 0) is 30.9 Å². The number of halogens is 5. The quantitative estimate of drug-likeness (QED) is 0.0353. The molecule has 0 radical (unpaired) electrons. The van der Waals surface area contributed by atoms with E-state index in [-0.39, 0.29) is 55.7 Å². The van der Waals surface area contributed by atoms with Crippen molar-refractivity contribution in [3.8, 4) is 11.5 Å². The summed E-state index contributed by atoms with van der Waals surface area (Å²) < 4.78 is 10.7. The first-order chi connectivity index (χ1) is 32.0. The van der Waals surface area contributed by atoms with Gasteiger partial charge in [0.2, 0.25) is 12.1 Å². The molecule has 0 aliphatic carbocycles. The lowest BCUT2D eigenvalue weighted by Crippen LogP contribution is -2.32. The van der Waals surface area contributed by atoms with Gasteiger partial charge in [0.1, 0.15) is 11.5 Å². The minimum absolute atomic E-state index is 0.0635. The lowest BCUT2D eigenvalue weighted by atomic mass is 10.1. The van der Waals surface area contributed by atoms with E-state index in [2.05, 4.69) is 41.7 Å². The van der Waals surface area contributed by atoms with Crippen LogP contribution in [0.15, 0.2) is 111 Å². The van der Waals surface area contributed by atoms with Crippen molar-refractivity contribution in [2.75, 3.05) is 35.5 Å². The van der Waals surface area contributed by atoms with E-state index in [4.69, 9.17) is 67.5 Å². The number of carbonyl (C=O) groups is 6. The molecule has 16 nitrogen and oxygen atoms in total. The summed E-state index contributed by atoms with van der Waals surface area (Å²) in [5, 5.41) is 26.4. The summed E-state index contributed by atoms with van der Waals surface area (Å²) in [7, 11) is 2.96. The molecule has 21 heteroatoms. The van der Waals surface area contributed by atoms with Crippen molar-refractivity contribution >= 4 is 127 Å². The minimum Gasteiger partial charge on any atom is -0.496 e. The molecule has 0 saturated heterocycles. The highest BCUT2D eigenvalue weighted by Gasteiger charge is 2.27. The number of Topliss-reactive ketones (excluding diaryl/α,β-unsaturated/α-hetero) is 2. The van der Waals surface area contributed by atoms with Crippen molar-refractivity contribution < 1.29 is 38.2 Å². The van der Waals surface area contributed by atoms with E-state index in [1.54, 1.807) is 43.3 Å². The van der Waals surface area contributed by atoms with Crippen molar-refractivity contribution in [3.05, 3.63) is 129 Å². The summed E-state index contributed by atoms with van der Waals surface area (Å²) >= 11 is 31.3. The Morgan fingerprint density at radius 3 is 1.43 bits per heavy atom. The number of nitrogens with zero attached hydrogens (tertiary/aromatic N) is 4. The highest BCUT2D eigenvalue weighted by atomic mass is 35.5. The fraction of sp³-hybridized carbons (Fsp3) is 0.217. The first-order valence-corrected chi connectivity index (χ1v) is 22.1. The highest BCUT2D eigenvalue weighted by molar-refractivity contribution is 6.32. The molecule has 0 saturated carbocycles. The zero-order valence-electron chi connectivity index (χ0n) is 36.3. The summed E-state index contributed by atoms with van der Waals surface area (Å²) in [6, 6.07) is 19.5. The van der Waals surface area contributed by atoms with Crippen molar-refractivity contribution in [2.24, 2.45) is 20.5 Å². The normalized spacial score (nSPS) is 12.5. The molecule has 0 aromatic heterocycles. The van der Waals surface area contributed by atoms with Crippen molar-refractivity contribution in [1.82, 2.24) is 0 Å². The summed E-state index contributed by atoms with van der Waals surface area (Å²) in [5.41, 5.74) is 2.99. The highest BCUT2D eigenvalue weighted by Crippen LogP contribution is 2.33. The number of nitrogens with one attached hydrogen (secondary N) is 4. The molecule has 4 amide bonds. The van der Waals surface area contributed by atoms with Gasteiger partial charge in [0.15, 0.2) is 11.6 Å². The smallest absolute Gasteiger partial charge is 0.258 e. The Morgan fingerprint density at radius 2 is 1.03 bits per heavy atom. The Kier molecular flexibility index (Phi) is 18.3. The number of amides is 4. The van der Waals surface area contributed by atoms with Gasteiger partial charge >= 0.3 is 0 Å². The van der Waals surface area contributed by atoms with Gasteiger partial charge in [-0.25, -0.2) is 0 Å². The molecule has 5 aromatic rings. The molecule has 0 spiro atoms. The van der Waals surface area contributed by atoms with Crippen molar-refractivity contribution in [3.63, 3.8) is 0 Å². The number of hydrogen-bond donors (Lipinski definition) is 4. The van der Waals surface area contributed by atoms with Gasteiger partial charge in [-0.3, -0.25) is 28.8 Å². The zero-order valence-corrected chi connectivity index (χ0v) is 40.0. The SMILES string of the molecule is COc1cccc(NC(=O)c2cc(Cl)cc(N=NC(C(C)=O)C(=O)Nc3ccc(NC(=O)C(N=Nc4cc(Cl)cc(C(=O)Nc5cccc(OC)c5CCl)c4)C(C)=O)c(C(C)Cl)c3)c2)c1CCl. The minimum atomic E-state index is -1.64. The lowest BCUT2D eigenvalue weighted by molar-refractivity contribution is -0.127. The Balaban J connectivity index is 1.29. The Hall–Kier alpha value is -6.43. The van der Waals surface area contributed by atoms with E-state index in [1.165, 1.54) is 68.8 Å². The number of anilines is 4. The van der Waals surface area contributed by atoms with Gasteiger partial charge in [-0.05, 0) is 105 Å². The van der Waals surface area contributed by atoms with Crippen LogP contribution < -0.4 is 30.7 Å². The van der Waals surface area contributed by atoms with Gasteiger partial charge in [0, 0.05) is 55.0 Å². The number of carbonyl (C=O) groups excluding carboxylic acids is 6. The largest absolute Gasteiger partial charge is 0.496 e. The second-order valence-electron chi connectivity index (χ2n) is 14.4. The first-order valence-electron chi connectivity index (χ1n) is 19.9. The fourth-order valence-corrected chi connectivity index (χ4v) is 7.51. The molecule has 67 heavy (non-hydrogen) atoms. The number of azo groups is 2. The molecular weight excluding hydrogens is 970 g/mol. The van der Waals surface area contributed by atoms with E-state index >= 15 is 0 Å². The molecule has 4 N–H and O–H groups in total. The Morgan fingerprint density at radius 1 is 0.582 bits per heavy atom. The number of benzene rings is 5. The van der Waals surface area contributed by atoms with E-state index < -0.39 is 52.7 Å². The monoisotopic (exact) mass is 1010 g/mol. The molecular formula is C46H41Cl5N8O8. The predicted octanol–water partition coefficient (Wildman–Crippen LogP) is 11.7. The first kappa shape index (κ1) is 51.6. The molecule has 0 bridgehead atoms. The molecule has 3 unspecified atom stereocenters. The number of methoxy groups -OCH3 is 2. The number of ether oxygens (including phenoxy) is 2. The number of alkyl halides is 3. The van der Waals surface area contributed by atoms with E-state index in [1.807, 2.05) is 0 Å². The zero-order chi connectivity index (χ0) is 48.9. The second kappa shape index (κ2) is 23.8. The summed E-state index contributed by atoms with van der Waals surface area (Å²) in [5.74, 6) is -3.03. The molecule has 5 aromatic carbocycles. The van der Waals surface area contributed by atoms with Crippen LogP contribution in [0.5, 0.6) is 11.5 Å². The van der Waals surface area contributed by atoms with Crippen LogP contribution in [0, 0.1) is 0 Å². The van der Waals surface area contributed by atoms with Crippen LogP contribution in [0.1, 0.15) is 63.6 Å². The van der Waals surface area contributed by atoms with Gasteiger partial charge in [-0.15, -0.1) is 34.8 Å². The molecule has 0 aliphatic rings. The van der Waals surface area contributed by atoms with Crippen LogP contribution in [0.25, 0.3) is 0 Å². The van der Waals surface area contributed by atoms with Crippen molar-refractivity contribution in [2.45, 2.75) is 50.0 Å².